The molecule has 0 saturated heterocycles. The van der Waals surface area contributed by atoms with E-state index < -0.39 is 36.6 Å². The number of rotatable bonds is 10. The summed E-state index contributed by atoms with van der Waals surface area (Å²) in [5.41, 5.74) is 0.0899. The number of ether oxygens (including phenoxy) is 1. The zero-order valence-corrected chi connectivity index (χ0v) is 24.5. The first-order valence-corrected chi connectivity index (χ1v) is 13.4. The predicted molar refractivity (Wildman–Crippen MR) is 156 cm³/mol. The SMILES string of the molecule is C=C(C)C(=O)NCc1ccc(Cl)c(Nc2nc3cc(C(=O)Nc4cccc(C(F)(F)F)n4)c(OCC(F)F)cc3n2C)c1Cl. The van der Waals surface area contributed by atoms with Crippen molar-refractivity contribution in [3.05, 3.63) is 81.5 Å². The highest BCUT2D eigenvalue weighted by molar-refractivity contribution is 6.39. The van der Waals surface area contributed by atoms with Crippen molar-refractivity contribution < 1.29 is 36.3 Å². The molecule has 0 atom stereocenters. The number of nitrogens with one attached hydrogen (secondary N) is 3. The van der Waals surface area contributed by atoms with Gasteiger partial charge < -0.3 is 25.3 Å². The Morgan fingerprint density at radius 3 is 2.50 bits per heavy atom. The first kappa shape index (κ1) is 32.5. The number of nitrogens with zero attached hydrogens (tertiary/aromatic N) is 3. The van der Waals surface area contributed by atoms with Crippen molar-refractivity contribution >= 4 is 63.5 Å². The Kier molecular flexibility index (Phi) is 9.64. The molecule has 2 amide bonds. The summed E-state index contributed by atoms with van der Waals surface area (Å²) in [5, 5.41) is 8.31. The lowest BCUT2D eigenvalue weighted by Gasteiger charge is -2.14. The van der Waals surface area contributed by atoms with E-state index in [1.54, 1.807) is 26.1 Å². The molecule has 0 fully saturated rings. The molecule has 2 aromatic heterocycles. The number of anilines is 3. The first-order chi connectivity index (χ1) is 20.6. The van der Waals surface area contributed by atoms with Crippen LogP contribution in [-0.2, 0) is 24.6 Å². The number of amides is 2. The lowest BCUT2D eigenvalue weighted by Crippen LogP contribution is -2.23. The van der Waals surface area contributed by atoms with E-state index in [0.29, 0.717) is 16.7 Å². The Morgan fingerprint density at radius 1 is 1.11 bits per heavy atom. The number of benzene rings is 2. The number of imidazole rings is 1. The first-order valence-electron chi connectivity index (χ1n) is 12.6. The molecule has 0 radical (unpaired) electrons. The van der Waals surface area contributed by atoms with E-state index in [2.05, 4.69) is 32.5 Å². The fourth-order valence-corrected chi connectivity index (χ4v) is 4.44. The molecule has 3 N–H and O–H groups in total. The van der Waals surface area contributed by atoms with Gasteiger partial charge in [-0.3, -0.25) is 9.59 Å². The van der Waals surface area contributed by atoms with E-state index >= 15 is 0 Å². The van der Waals surface area contributed by atoms with Crippen LogP contribution in [0.1, 0.15) is 28.5 Å². The fraction of sp³-hybridized carbons (Fsp3) is 0.214. The summed E-state index contributed by atoms with van der Waals surface area (Å²) in [6, 6.07) is 8.63. The number of aromatic nitrogens is 3. The minimum absolute atomic E-state index is 0.0724. The fourth-order valence-electron chi connectivity index (χ4n) is 3.91. The van der Waals surface area contributed by atoms with Crippen LogP contribution in [0.5, 0.6) is 5.75 Å². The molecule has 16 heteroatoms. The lowest BCUT2D eigenvalue weighted by molar-refractivity contribution is -0.141. The van der Waals surface area contributed by atoms with Crippen molar-refractivity contribution in [2.75, 3.05) is 17.2 Å². The Labute approximate surface area is 257 Å². The summed E-state index contributed by atoms with van der Waals surface area (Å²) < 4.78 is 72.0. The number of pyridine rings is 1. The van der Waals surface area contributed by atoms with E-state index in [1.165, 1.54) is 16.7 Å². The van der Waals surface area contributed by atoms with Gasteiger partial charge in [-0.15, -0.1) is 0 Å². The Hall–Kier alpha value is -4.43. The van der Waals surface area contributed by atoms with Crippen molar-refractivity contribution in [2.24, 2.45) is 7.05 Å². The van der Waals surface area contributed by atoms with Crippen molar-refractivity contribution in [2.45, 2.75) is 26.1 Å². The Balaban J connectivity index is 1.70. The highest BCUT2D eigenvalue weighted by atomic mass is 35.5. The number of carbonyl (C=O) groups is 2. The third kappa shape index (κ3) is 7.37. The molecule has 232 valence electrons. The zero-order chi connectivity index (χ0) is 32.3. The van der Waals surface area contributed by atoms with Crippen molar-refractivity contribution in [3.8, 4) is 5.75 Å². The van der Waals surface area contributed by atoms with Crippen LogP contribution in [0.3, 0.4) is 0 Å². The molecule has 44 heavy (non-hydrogen) atoms. The van der Waals surface area contributed by atoms with Gasteiger partial charge in [-0.25, -0.2) is 18.7 Å². The van der Waals surface area contributed by atoms with Gasteiger partial charge in [-0.05, 0) is 36.8 Å². The van der Waals surface area contributed by atoms with Gasteiger partial charge in [0.2, 0.25) is 11.9 Å². The largest absolute Gasteiger partial charge is 0.487 e. The number of carbonyl (C=O) groups excluding carboxylic acids is 2. The standard InChI is InChI=1S/C28H23Cl2F5N6O3/c1-13(2)25(42)36-11-14-7-8-16(29)24(23(14)30)40-27-37-17-9-15(19(44-12-21(31)32)10-18(17)41(27)3)26(43)39-22-6-4-5-20(38-22)28(33,34)35/h4-10,21H,1,11-12H2,2-3H3,(H,36,42)(H,37,40)(H,38,39,43). The minimum Gasteiger partial charge on any atom is -0.487 e. The van der Waals surface area contributed by atoms with Crippen molar-refractivity contribution in [1.82, 2.24) is 19.9 Å². The molecule has 0 aliphatic heterocycles. The van der Waals surface area contributed by atoms with Crippen LogP contribution in [0.4, 0.5) is 39.4 Å². The molecule has 4 rings (SSSR count). The van der Waals surface area contributed by atoms with Crippen LogP contribution in [0.15, 0.2) is 54.6 Å². The van der Waals surface area contributed by atoms with E-state index in [9.17, 15) is 31.5 Å². The number of hydrogen-bond donors (Lipinski definition) is 3. The highest BCUT2D eigenvalue weighted by Crippen LogP contribution is 2.37. The third-order valence-corrected chi connectivity index (χ3v) is 6.85. The zero-order valence-electron chi connectivity index (χ0n) is 23.0. The number of hydrogen-bond acceptors (Lipinski definition) is 6. The number of fused-ring (bicyclic) bond motifs is 1. The van der Waals surface area contributed by atoms with Gasteiger partial charge in [0.1, 0.15) is 23.9 Å². The normalized spacial score (nSPS) is 11.5. The molecule has 0 aliphatic rings. The molecular formula is C28H23Cl2F5N6O3. The third-order valence-electron chi connectivity index (χ3n) is 6.11. The lowest BCUT2D eigenvalue weighted by atomic mass is 10.1. The Morgan fingerprint density at radius 2 is 1.84 bits per heavy atom. The maximum atomic E-state index is 13.1. The summed E-state index contributed by atoms with van der Waals surface area (Å²) >= 11 is 13.0. The molecular weight excluding hydrogens is 634 g/mol. The van der Waals surface area contributed by atoms with Gasteiger partial charge in [-0.1, -0.05) is 41.9 Å². The number of halogens is 7. The van der Waals surface area contributed by atoms with Crippen LogP contribution in [0.2, 0.25) is 10.0 Å². The molecule has 0 aliphatic carbocycles. The maximum Gasteiger partial charge on any atom is 0.433 e. The van der Waals surface area contributed by atoms with Gasteiger partial charge >= 0.3 is 6.18 Å². The summed E-state index contributed by atoms with van der Waals surface area (Å²) in [6.07, 6.45) is -7.64. The average Bonchev–Trinajstić information content (AvgIpc) is 3.26. The molecule has 2 aromatic carbocycles. The second-order valence-electron chi connectivity index (χ2n) is 9.38. The molecule has 0 saturated carbocycles. The number of aryl methyl sites for hydroxylation is 1. The van der Waals surface area contributed by atoms with Crippen LogP contribution in [0.25, 0.3) is 11.0 Å². The van der Waals surface area contributed by atoms with Crippen LogP contribution in [0, 0.1) is 0 Å². The van der Waals surface area contributed by atoms with Crippen molar-refractivity contribution in [3.63, 3.8) is 0 Å². The predicted octanol–water partition coefficient (Wildman–Crippen LogP) is 7.13. The molecule has 9 nitrogen and oxygen atoms in total. The van der Waals surface area contributed by atoms with E-state index in [-0.39, 0.29) is 51.0 Å². The monoisotopic (exact) mass is 656 g/mol. The van der Waals surface area contributed by atoms with Gasteiger partial charge in [0.05, 0.1) is 32.3 Å². The summed E-state index contributed by atoms with van der Waals surface area (Å²) in [4.78, 5) is 32.9. The summed E-state index contributed by atoms with van der Waals surface area (Å²) in [7, 11) is 1.58. The van der Waals surface area contributed by atoms with E-state index in [4.69, 9.17) is 27.9 Å². The summed E-state index contributed by atoms with van der Waals surface area (Å²) in [6.45, 7) is 4.15. The molecule has 2 heterocycles. The van der Waals surface area contributed by atoms with Gasteiger partial charge in [0.15, 0.2) is 0 Å². The van der Waals surface area contributed by atoms with Crippen LogP contribution in [-0.4, -0.2) is 39.4 Å². The second-order valence-corrected chi connectivity index (χ2v) is 10.2. The van der Waals surface area contributed by atoms with Crippen molar-refractivity contribution in [1.29, 1.82) is 0 Å². The smallest absolute Gasteiger partial charge is 0.433 e. The average molecular weight is 657 g/mol. The maximum absolute atomic E-state index is 13.1. The molecule has 0 spiro atoms. The molecule has 0 bridgehead atoms. The van der Waals surface area contributed by atoms with Gasteiger partial charge in [0.25, 0.3) is 12.3 Å². The van der Waals surface area contributed by atoms with E-state index in [1.807, 2.05) is 0 Å². The summed E-state index contributed by atoms with van der Waals surface area (Å²) in [5.74, 6) is -1.86. The Bertz CT molecular complexity index is 1760. The number of alkyl halides is 5. The van der Waals surface area contributed by atoms with E-state index in [0.717, 1.165) is 18.2 Å². The topological polar surface area (TPSA) is 110 Å². The second kappa shape index (κ2) is 13.1. The van der Waals surface area contributed by atoms with Gasteiger partial charge in [-0.2, -0.15) is 13.2 Å². The minimum atomic E-state index is -4.76. The molecule has 0 unspecified atom stereocenters. The molecule has 4 aromatic rings. The quantitative estimate of drug-likeness (QED) is 0.124. The van der Waals surface area contributed by atoms with Crippen LogP contribution < -0.4 is 20.7 Å². The highest BCUT2D eigenvalue weighted by Gasteiger charge is 2.32. The van der Waals surface area contributed by atoms with Gasteiger partial charge in [0, 0.05) is 25.2 Å². The van der Waals surface area contributed by atoms with Crippen LogP contribution >= 0.6 is 23.2 Å².